The summed E-state index contributed by atoms with van der Waals surface area (Å²) in [6, 6.07) is 7.88. The van der Waals surface area contributed by atoms with E-state index in [-0.39, 0.29) is 21.4 Å². The molecule has 170 valence electrons. The molecule has 2 aromatic carbocycles. The van der Waals surface area contributed by atoms with Gasteiger partial charge in [0.15, 0.2) is 0 Å². The summed E-state index contributed by atoms with van der Waals surface area (Å²) in [4.78, 5) is 26.2. The monoisotopic (exact) mass is 510 g/mol. The van der Waals surface area contributed by atoms with Crippen molar-refractivity contribution in [2.45, 2.75) is 5.51 Å². The van der Waals surface area contributed by atoms with Gasteiger partial charge in [-0.05, 0) is 40.8 Å². The average molecular weight is 511 g/mol. The van der Waals surface area contributed by atoms with Crippen LogP contribution in [0.15, 0.2) is 47.3 Å². The number of anilines is 2. The second kappa shape index (κ2) is 8.44. The zero-order chi connectivity index (χ0) is 23.8. The van der Waals surface area contributed by atoms with Crippen molar-refractivity contribution in [2.75, 3.05) is 16.7 Å². The Balaban J connectivity index is 1.92. The molecular formula is C16H11Cl2F3N6O4S. The summed E-state index contributed by atoms with van der Waals surface area (Å²) in [6.45, 7) is 0. The van der Waals surface area contributed by atoms with Gasteiger partial charge in [-0.2, -0.15) is 26.3 Å². The molecule has 0 saturated carbocycles. The third-order valence-corrected chi connectivity index (χ3v) is 5.71. The Kier molecular flexibility index (Phi) is 6.22. The van der Waals surface area contributed by atoms with E-state index in [4.69, 9.17) is 23.2 Å². The molecule has 0 unspecified atom stereocenters. The smallest absolute Gasteiger partial charge is 0.295 e. The second-order valence-corrected chi connectivity index (χ2v) is 8.59. The quantitative estimate of drug-likeness (QED) is 0.538. The normalized spacial score (nSPS) is 11.9. The Bertz CT molecular complexity index is 1340. The fourth-order valence-corrected chi connectivity index (χ4v) is 3.55. The van der Waals surface area contributed by atoms with Crippen molar-refractivity contribution >= 4 is 50.6 Å². The molecule has 1 N–H and O–H groups in total. The number of nitrogens with one attached hydrogen (secondary N) is 1. The number of para-hydroxylation sites is 1. The van der Waals surface area contributed by atoms with Crippen LogP contribution in [-0.4, -0.2) is 46.8 Å². The van der Waals surface area contributed by atoms with Crippen molar-refractivity contribution < 1.29 is 26.4 Å². The van der Waals surface area contributed by atoms with Crippen LogP contribution in [0.3, 0.4) is 0 Å². The highest BCUT2D eigenvalue weighted by atomic mass is 35.5. The van der Waals surface area contributed by atoms with Crippen LogP contribution in [0.5, 0.6) is 0 Å². The molecule has 0 aliphatic heterocycles. The van der Waals surface area contributed by atoms with Gasteiger partial charge >= 0.3 is 27.3 Å². The number of amides is 1. The maximum absolute atomic E-state index is 12.7. The predicted octanol–water partition coefficient (Wildman–Crippen LogP) is 3.10. The van der Waals surface area contributed by atoms with Crippen molar-refractivity contribution in [2.24, 2.45) is 0 Å². The minimum Gasteiger partial charge on any atom is -0.295 e. The lowest BCUT2D eigenvalue weighted by Crippen LogP contribution is -2.39. The van der Waals surface area contributed by atoms with Crippen LogP contribution < -0.4 is 15.3 Å². The number of carbonyl (C=O) groups excluding carboxylic acids is 1. The van der Waals surface area contributed by atoms with Crippen LogP contribution in [0.25, 0.3) is 5.69 Å². The number of nitrogens with zero attached hydrogens (tertiary/aromatic N) is 5. The predicted molar refractivity (Wildman–Crippen MR) is 110 cm³/mol. The number of benzene rings is 2. The van der Waals surface area contributed by atoms with E-state index < -0.39 is 32.9 Å². The first-order valence-electron chi connectivity index (χ1n) is 8.30. The van der Waals surface area contributed by atoms with Gasteiger partial charge in [-0.1, -0.05) is 35.3 Å². The van der Waals surface area contributed by atoms with Crippen LogP contribution in [-0.2, 0) is 10.0 Å². The lowest BCUT2D eigenvalue weighted by atomic mass is 10.2. The highest BCUT2D eigenvalue weighted by Gasteiger charge is 2.46. The summed E-state index contributed by atoms with van der Waals surface area (Å²) >= 11 is 12.1. The van der Waals surface area contributed by atoms with Gasteiger partial charge in [-0.15, -0.1) is 4.68 Å². The van der Waals surface area contributed by atoms with Crippen molar-refractivity contribution in [1.82, 2.24) is 19.8 Å². The van der Waals surface area contributed by atoms with Gasteiger partial charge in [0.2, 0.25) is 0 Å². The zero-order valence-electron chi connectivity index (χ0n) is 15.7. The molecule has 0 saturated heterocycles. The van der Waals surface area contributed by atoms with Crippen LogP contribution in [0.1, 0.15) is 0 Å². The molecule has 0 atom stereocenters. The summed E-state index contributed by atoms with van der Waals surface area (Å²) < 4.78 is 62.8. The maximum Gasteiger partial charge on any atom is 0.516 e. The van der Waals surface area contributed by atoms with Gasteiger partial charge in [0.05, 0.1) is 15.7 Å². The van der Waals surface area contributed by atoms with E-state index in [0.29, 0.717) is 9.36 Å². The topological polar surface area (TPSA) is 119 Å². The molecule has 0 fully saturated rings. The third-order valence-electron chi connectivity index (χ3n) is 3.99. The molecule has 0 bridgehead atoms. The van der Waals surface area contributed by atoms with Gasteiger partial charge in [0.1, 0.15) is 5.69 Å². The largest absolute Gasteiger partial charge is 0.516 e. The Morgan fingerprint density at radius 1 is 1.09 bits per heavy atom. The average Bonchev–Trinajstić information content (AvgIpc) is 3.07. The molecule has 10 nitrogen and oxygen atoms in total. The number of rotatable bonds is 4. The van der Waals surface area contributed by atoms with Crippen LogP contribution >= 0.6 is 23.2 Å². The standard InChI is InChI=1S/C16H11Cl2F3N6O4S/c1-25(10-5-2-4-9(8-10)22-32(30,31)16(19,20)21)14(28)27-15(29)26(23-24-27)13-11(17)6-3-7-12(13)18/h2-8,22H,1H3. The van der Waals surface area contributed by atoms with Crippen LogP contribution in [0.4, 0.5) is 29.3 Å². The molecule has 3 rings (SSSR count). The number of alkyl halides is 3. The molecule has 0 aliphatic carbocycles. The Hall–Kier alpha value is -3.10. The minimum absolute atomic E-state index is 0.00825. The third kappa shape index (κ3) is 4.42. The Labute approximate surface area is 187 Å². The highest BCUT2D eigenvalue weighted by Crippen LogP contribution is 2.28. The molecule has 32 heavy (non-hydrogen) atoms. The van der Waals surface area contributed by atoms with Crippen molar-refractivity contribution in [3.63, 3.8) is 0 Å². The zero-order valence-corrected chi connectivity index (χ0v) is 18.0. The summed E-state index contributed by atoms with van der Waals surface area (Å²) in [5, 5.41) is 7.20. The fourth-order valence-electron chi connectivity index (χ4n) is 2.44. The highest BCUT2D eigenvalue weighted by molar-refractivity contribution is 7.93. The number of aromatic nitrogens is 4. The first kappa shape index (κ1) is 23.6. The van der Waals surface area contributed by atoms with E-state index >= 15 is 0 Å². The molecule has 3 aromatic rings. The van der Waals surface area contributed by atoms with Crippen molar-refractivity contribution in [1.29, 1.82) is 0 Å². The summed E-state index contributed by atoms with van der Waals surface area (Å²) in [5.41, 5.74) is -7.07. The van der Waals surface area contributed by atoms with Gasteiger partial charge < -0.3 is 0 Å². The molecule has 1 aromatic heterocycles. The molecule has 16 heteroatoms. The van der Waals surface area contributed by atoms with E-state index in [9.17, 15) is 31.2 Å². The van der Waals surface area contributed by atoms with E-state index in [0.717, 1.165) is 17.0 Å². The second-order valence-electron chi connectivity index (χ2n) is 6.10. The van der Waals surface area contributed by atoms with Gasteiger partial charge in [0, 0.05) is 12.7 Å². The lowest BCUT2D eigenvalue weighted by molar-refractivity contribution is -0.0429. The number of carbonyl (C=O) groups is 1. The maximum atomic E-state index is 12.7. The van der Waals surface area contributed by atoms with Gasteiger partial charge in [0.25, 0.3) is 0 Å². The summed E-state index contributed by atoms with van der Waals surface area (Å²) in [5.74, 6) is 0. The lowest BCUT2D eigenvalue weighted by Gasteiger charge is -2.17. The van der Waals surface area contributed by atoms with E-state index in [1.54, 1.807) is 0 Å². The number of sulfonamides is 1. The Morgan fingerprint density at radius 2 is 1.69 bits per heavy atom. The summed E-state index contributed by atoms with van der Waals surface area (Å²) in [6.07, 6.45) is 0. The van der Waals surface area contributed by atoms with Crippen LogP contribution in [0, 0.1) is 0 Å². The van der Waals surface area contributed by atoms with Gasteiger partial charge in [-0.25, -0.2) is 9.59 Å². The van der Waals surface area contributed by atoms with Crippen LogP contribution in [0.2, 0.25) is 10.0 Å². The molecule has 1 amide bonds. The molecule has 1 heterocycles. The van der Waals surface area contributed by atoms with Gasteiger partial charge in [-0.3, -0.25) is 9.62 Å². The number of tetrazole rings is 1. The SMILES string of the molecule is CN(C(=O)n1nnn(-c2c(Cl)cccc2Cl)c1=O)c1cccc(NS(=O)(=O)C(F)(F)F)c1. The van der Waals surface area contributed by atoms with Crippen molar-refractivity contribution in [3.05, 3.63) is 63.0 Å². The molecular weight excluding hydrogens is 500 g/mol. The molecule has 0 radical (unpaired) electrons. The number of hydrogen-bond acceptors (Lipinski definition) is 6. The number of hydrogen-bond donors (Lipinski definition) is 1. The first-order valence-corrected chi connectivity index (χ1v) is 10.5. The fraction of sp³-hybridized carbons (Fsp3) is 0.125. The Morgan fingerprint density at radius 3 is 2.28 bits per heavy atom. The minimum atomic E-state index is -5.67. The number of halogens is 5. The van der Waals surface area contributed by atoms with Crippen molar-refractivity contribution in [3.8, 4) is 5.69 Å². The van der Waals surface area contributed by atoms with E-state index in [1.165, 1.54) is 42.1 Å². The molecule has 0 spiro atoms. The molecule has 0 aliphatic rings. The van der Waals surface area contributed by atoms with E-state index in [2.05, 4.69) is 10.4 Å². The summed E-state index contributed by atoms with van der Waals surface area (Å²) in [7, 11) is -4.48. The van der Waals surface area contributed by atoms with E-state index in [1.807, 2.05) is 0 Å². The first-order chi connectivity index (χ1) is 14.8.